The normalized spacial score (nSPS) is 11.0. The number of benzene rings is 4. The van der Waals surface area contributed by atoms with Gasteiger partial charge in [0.05, 0.1) is 32.6 Å². The van der Waals surface area contributed by atoms with E-state index in [1.54, 1.807) is 21.3 Å². The van der Waals surface area contributed by atoms with Gasteiger partial charge in [-0.3, -0.25) is 4.68 Å². The van der Waals surface area contributed by atoms with Gasteiger partial charge in [-0.25, -0.2) is 4.98 Å². The van der Waals surface area contributed by atoms with Crippen molar-refractivity contribution in [3.05, 3.63) is 114 Å². The van der Waals surface area contributed by atoms with Crippen molar-refractivity contribution in [1.82, 2.24) is 19.3 Å². The first kappa shape index (κ1) is 31.9. The van der Waals surface area contributed by atoms with Gasteiger partial charge in [0.2, 0.25) is 0 Å². The number of aryl methyl sites for hydroxylation is 2. The van der Waals surface area contributed by atoms with E-state index in [4.69, 9.17) is 24.0 Å². The molecule has 0 aliphatic heterocycles. The Balaban J connectivity index is 0.00000386. The molecule has 0 aliphatic rings. The fourth-order valence-electron chi connectivity index (χ4n) is 6.04. The molecule has 47 heavy (non-hydrogen) atoms. The van der Waals surface area contributed by atoms with Crippen LogP contribution in [0.25, 0.3) is 44.4 Å². The zero-order valence-corrected chi connectivity index (χ0v) is 29.1. The molecule has 8 nitrogen and oxygen atoms in total. The third-order valence-electron chi connectivity index (χ3n) is 8.14. The van der Waals surface area contributed by atoms with Crippen molar-refractivity contribution >= 4 is 21.8 Å². The molecular weight excluding hydrogens is 772 g/mol. The number of para-hydroxylation sites is 1. The van der Waals surface area contributed by atoms with E-state index in [-0.39, 0.29) is 21.1 Å². The van der Waals surface area contributed by atoms with Gasteiger partial charge in [0.25, 0.3) is 0 Å². The molecule has 0 spiro atoms. The van der Waals surface area contributed by atoms with Crippen molar-refractivity contribution in [3.63, 3.8) is 0 Å². The van der Waals surface area contributed by atoms with E-state index >= 15 is 0 Å². The van der Waals surface area contributed by atoms with E-state index in [1.165, 1.54) is 0 Å². The number of hydrogen-bond donors (Lipinski definition) is 0. The molecule has 7 rings (SSSR count). The van der Waals surface area contributed by atoms with E-state index in [0.29, 0.717) is 28.7 Å². The van der Waals surface area contributed by atoms with Gasteiger partial charge in [-0.15, -0.1) is 35.7 Å². The topological polar surface area (TPSA) is 72.6 Å². The molecule has 0 unspecified atom stereocenters. The van der Waals surface area contributed by atoms with Crippen molar-refractivity contribution in [2.75, 3.05) is 21.3 Å². The van der Waals surface area contributed by atoms with Crippen molar-refractivity contribution in [2.45, 2.75) is 20.8 Å². The number of aromatic nitrogens is 4. The zero-order valence-electron chi connectivity index (χ0n) is 26.8. The molecule has 7 aromatic rings. The van der Waals surface area contributed by atoms with Crippen LogP contribution in [0.4, 0.5) is 0 Å². The Morgan fingerprint density at radius 2 is 1.45 bits per heavy atom. The molecule has 0 N–H and O–H groups in total. The van der Waals surface area contributed by atoms with Crippen LogP contribution in [0.15, 0.2) is 85.1 Å². The Hall–Kier alpha value is -5.07. The molecule has 3 aromatic heterocycles. The Morgan fingerprint density at radius 3 is 2.17 bits per heavy atom. The third kappa shape index (κ3) is 5.63. The van der Waals surface area contributed by atoms with Crippen LogP contribution >= 0.6 is 0 Å². The zero-order chi connectivity index (χ0) is 31.9. The van der Waals surface area contributed by atoms with Gasteiger partial charge in [0, 0.05) is 46.6 Å². The van der Waals surface area contributed by atoms with Gasteiger partial charge in [0.15, 0.2) is 0 Å². The summed E-state index contributed by atoms with van der Waals surface area (Å²) in [7, 11) is 4.88. The maximum absolute atomic E-state index is 6.38. The van der Waals surface area contributed by atoms with E-state index in [0.717, 1.165) is 61.4 Å². The van der Waals surface area contributed by atoms with Gasteiger partial charge >= 0.3 is 21.1 Å². The smallest absolute Gasteiger partial charge is 0.509 e. The fraction of sp³-hybridized carbons (Fsp3) is 0.158. The molecule has 0 bridgehead atoms. The van der Waals surface area contributed by atoms with E-state index in [2.05, 4.69) is 52.9 Å². The Morgan fingerprint density at radius 1 is 0.702 bits per heavy atom. The standard InChI is InChI=1S/C38H32N4O4.Pt/c1-23-16-17-39-36(18-23)41-32-13-8-7-12-30(32)31-15-14-28(20-33(31)41)46-27-11-9-10-26(19-27)42-25(3)37(24(2)40-42)38-34(44-5)21-29(43-4)22-35(38)45-6;/h7-18,21-22H,1-6H3;/q-2;+2. The van der Waals surface area contributed by atoms with E-state index in [9.17, 15) is 0 Å². The molecule has 0 fully saturated rings. The number of rotatable bonds is 8. The molecule has 0 saturated heterocycles. The summed E-state index contributed by atoms with van der Waals surface area (Å²) in [4.78, 5) is 4.67. The first-order valence-corrected chi connectivity index (χ1v) is 14.9. The average molecular weight is 804 g/mol. The monoisotopic (exact) mass is 803 g/mol. The second-order valence-corrected chi connectivity index (χ2v) is 11.0. The molecule has 9 heteroatoms. The SMILES string of the molecule is COc1cc(OC)c(-c2c(C)nn(-c3[c-]c(Oc4[c-]c5c(cc4)c4ccccc4n5-c4cc(C)ccn4)ccc3)c2C)c(OC)c1.[Pt+2]. The summed E-state index contributed by atoms with van der Waals surface area (Å²) >= 11 is 0. The van der Waals surface area contributed by atoms with Crippen molar-refractivity contribution in [3.8, 4) is 51.4 Å². The Labute approximate surface area is 287 Å². The minimum atomic E-state index is 0. The summed E-state index contributed by atoms with van der Waals surface area (Å²) in [5, 5.41) is 7.09. The predicted molar refractivity (Wildman–Crippen MR) is 179 cm³/mol. The minimum Gasteiger partial charge on any atom is -0.509 e. The van der Waals surface area contributed by atoms with Crippen molar-refractivity contribution in [2.24, 2.45) is 0 Å². The first-order valence-electron chi connectivity index (χ1n) is 14.9. The molecule has 238 valence electrons. The second kappa shape index (κ2) is 13.0. The predicted octanol–water partition coefficient (Wildman–Crippen LogP) is 8.37. The second-order valence-electron chi connectivity index (χ2n) is 11.0. The van der Waals surface area contributed by atoms with Crippen LogP contribution in [0.1, 0.15) is 17.0 Å². The maximum atomic E-state index is 6.38. The molecule has 3 heterocycles. The summed E-state index contributed by atoms with van der Waals surface area (Å²) < 4.78 is 27.3. The number of fused-ring (bicyclic) bond motifs is 3. The van der Waals surface area contributed by atoms with E-state index in [1.807, 2.05) is 79.3 Å². The summed E-state index contributed by atoms with van der Waals surface area (Å²) in [6.07, 6.45) is 1.83. The van der Waals surface area contributed by atoms with Crippen LogP contribution in [-0.4, -0.2) is 40.7 Å². The number of hydrogen-bond acceptors (Lipinski definition) is 6. The van der Waals surface area contributed by atoms with E-state index < -0.39 is 0 Å². The average Bonchev–Trinajstić information content (AvgIpc) is 3.56. The van der Waals surface area contributed by atoms with Crippen LogP contribution in [0.2, 0.25) is 0 Å². The maximum Gasteiger partial charge on any atom is 2.00 e. The summed E-state index contributed by atoms with van der Waals surface area (Å²) in [6.45, 7) is 6.05. The van der Waals surface area contributed by atoms with Crippen LogP contribution in [0.5, 0.6) is 28.7 Å². The quantitative estimate of drug-likeness (QED) is 0.144. The third-order valence-corrected chi connectivity index (χ3v) is 8.14. The van der Waals surface area contributed by atoms with Gasteiger partial charge < -0.3 is 23.5 Å². The molecule has 0 atom stereocenters. The van der Waals surface area contributed by atoms with Crippen molar-refractivity contribution < 1.29 is 40.0 Å². The van der Waals surface area contributed by atoms with Crippen LogP contribution < -0.4 is 18.9 Å². The summed E-state index contributed by atoms with van der Waals surface area (Å²) in [6, 6.07) is 32.7. The number of methoxy groups -OCH3 is 3. The van der Waals surface area contributed by atoms with Gasteiger partial charge in [0.1, 0.15) is 23.1 Å². The molecule has 0 aliphatic carbocycles. The minimum absolute atomic E-state index is 0. The number of ether oxygens (including phenoxy) is 4. The molecule has 0 radical (unpaired) electrons. The van der Waals surface area contributed by atoms with Crippen LogP contribution in [0, 0.1) is 32.9 Å². The van der Waals surface area contributed by atoms with Crippen LogP contribution in [0.3, 0.4) is 0 Å². The largest absolute Gasteiger partial charge is 2.00 e. The van der Waals surface area contributed by atoms with Gasteiger partial charge in [-0.05, 0) is 55.6 Å². The van der Waals surface area contributed by atoms with Gasteiger partial charge in [-0.2, -0.15) is 17.2 Å². The summed E-state index contributed by atoms with van der Waals surface area (Å²) in [5.74, 6) is 3.85. The Bertz CT molecular complexity index is 2230. The fourth-order valence-corrected chi connectivity index (χ4v) is 6.04. The van der Waals surface area contributed by atoms with Crippen molar-refractivity contribution in [1.29, 1.82) is 0 Å². The van der Waals surface area contributed by atoms with Gasteiger partial charge in [-0.1, -0.05) is 23.7 Å². The Kier molecular flexibility index (Phi) is 8.80. The molecule has 0 saturated carbocycles. The molecule has 0 amide bonds. The summed E-state index contributed by atoms with van der Waals surface area (Å²) in [5.41, 5.74) is 7.24. The number of nitrogens with zero attached hydrogens (tertiary/aromatic N) is 4. The number of pyridine rings is 1. The molecular formula is C38H32N4O4Pt. The first-order chi connectivity index (χ1) is 22.4. The van der Waals surface area contributed by atoms with Crippen LogP contribution in [-0.2, 0) is 21.1 Å². The molecule has 4 aromatic carbocycles.